The first-order valence-corrected chi connectivity index (χ1v) is 27.8. The molecule has 4 N–H and O–H groups in total. The van der Waals surface area contributed by atoms with Crippen LogP contribution in [0.15, 0.2) is 53.8 Å². The first-order valence-electron chi connectivity index (χ1n) is 27.8. The standard InChI is InChI=1S/C58H90N4O15/c1-35-17-13-12-14-18-36(2)48(72-9)29-44-22-20-41(7)58(71,77-44)54(68)55(69)61-24-16-15-19-45(61)56(70)76-49(30-46(65)37(3)26-40(6)52(67)53(74-11)51(66)39(5)25-35)38(4)27-42-21-23-47(50(28-42)73-10)75-32-43-31-62(60-59-43)57(8,33-63)34-64/h12-14,17-18,26,31,35,37-39,41-42,44-45,47-50,52-53,63-64,67,71H,15-16,19-25,27-30,32-34H2,1-11H3/b14-12+,17-13+,36-18+,40-26+/t35-,37-,38-,39-,41-,42+,44+,45+,47-,48+,49+,50-,52-,53+,58-/m1/s1. The van der Waals surface area contributed by atoms with Crippen molar-refractivity contribution in [2.75, 3.05) is 41.1 Å². The van der Waals surface area contributed by atoms with Crippen molar-refractivity contribution in [1.82, 2.24) is 19.9 Å². The zero-order valence-corrected chi connectivity index (χ0v) is 47.5. The quantitative estimate of drug-likeness (QED) is 0.111. The number of allylic oxidation sites excluding steroid dienone is 6. The molecule has 15 atom stereocenters. The SMILES string of the molecule is CO[C@H]1C[C@@H]2CC[C@@H](C)[C@@](O)(O2)C(=O)C(=O)N2CCCC[C@H]2C(=O)O[C@H]([C@H](C)C[C@@H]2CC[C@@H](OCc3cn(C(C)(CO)CO)nn3)[C@H](OC)C2)CC(=O)[C@H](C)/C=C(\C)[C@@H](O)[C@@H](OC)C(=O)[C@H](C)C[C@H](C)/C=C/C=C/C=C/1C. The van der Waals surface area contributed by atoms with Gasteiger partial charge in [0.25, 0.3) is 11.7 Å². The number of piperidine rings is 1. The average molecular weight is 1080 g/mol. The first-order chi connectivity index (χ1) is 36.5. The second-order valence-electron chi connectivity index (χ2n) is 22.8. The molecular formula is C58H90N4O15. The Morgan fingerprint density at radius 3 is 2.27 bits per heavy atom. The zero-order valence-electron chi connectivity index (χ0n) is 47.5. The van der Waals surface area contributed by atoms with E-state index in [0.717, 1.165) is 12.0 Å². The number of aliphatic hydroxyl groups is 4. The van der Waals surface area contributed by atoms with E-state index in [0.29, 0.717) is 69.1 Å². The van der Waals surface area contributed by atoms with E-state index in [1.54, 1.807) is 54.2 Å². The maximum Gasteiger partial charge on any atom is 0.329 e. The van der Waals surface area contributed by atoms with Gasteiger partial charge in [-0.25, -0.2) is 9.48 Å². The fraction of sp³-hybridized carbons (Fsp3) is 0.741. The summed E-state index contributed by atoms with van der Waals surface area (Å²) in [5, 5.41) is 51.5. The summed E-state index contributed by atoms with van der Waals surface area (Å²) in [6.07, 6.45) is 12.9. The molecule has 1 amide bonds. The molecule has 19 nitrogen and oxygen atoms in total. The lowest BCUT2D eigenvalue weighted by Crippen LogP contribution is -2.61. The van der Waals surface area contributed by atoms with Gasteiger partial charge in [-0.05, 0) is 114 Å². The molecule has 5 rings (SSSR count). The highest BCUT2D eigenvalue weighted by Gasteiger charge is 2.53. The molecule has 1 aromatic rings. The number of hydrogen-bond donors (Lipinski definition) is 4. The van der Waals surface area contributed by atoms with Gasteiger partial charge < -0.3 is 53.7 Å². The smallest absolute Gasteiger partial charge is 0.329 e. The largest absolute Gasteiger partial charge is 0.460 e. The van der Waals surface area contributed by atoms with Crippen LogP contribution in [0.3, 0.4) is 0 Å². The first kappa shape index (κ1) is 63.5. The van der Waals surface area contributed by atoms with Crippen LogP contribution in [-0.2, 0) is 64.5 Å². The second-order valence-corrected chi connectivity index (χ2v) is 22.8. The minimum Gasteiger partial charge on any atom is -0.460 e. The summed E-state index contributed by atoms with van der Waals surface area (Å²) in [6, 6.07) is -1.18. The summed E-state index contributed by atoms with van der Waals surface area (Å²) < 4.78 is 37.7. The van der Waals surface area contributed by atoms with Crippen LogP contribution in [0, 0.1) is 35.5 Å². The minimum absolute atomic E-state index is 0.000569. The monoisotopic (exact) mass is 1080 g/mol. The van der Waals surface area contributed by atoms with Crippen LogP contribution in [0.2, 0.25) is 0 Å². The highest BCUT2D eigenvalue weighted by Crippen LogP contribution is 2.38. The number of ether oxygens (including phenoxy) is 6. The molecule has 0 aromatic carbocycles. The van der Waals surface area contributed by atoms with Crippen LogP contribution in [-0.4, -0.2) is 165 Å². The molecule has 3 fully saturated rings. The van der Waals surface area contributed by atoms with Gasteiger partial charge >= 0.3 is 5.97 Å². The normalized spacial score (nSPS) is 36.2. The summed E-state index contributed by atoms with van der Waals surface area (Å²) >= 11 is 0. The van der Waals surface area contributed by atoms with Gasteiger partial charge in [-0.15, -0.1) is 5.10 Å². The number of rotatable bonds is 12. The van der Waals surface area contributed by atoms with Crippen LogP contribution in [0.4, 0.5) is 0 Å². The Morgan fingerprint density at radius 2 is 1.60 bits per heavy atom. The number of amides is 1. The number of carbonyl (C=O) groups is 5. The molecule has 77 heavy (non-hydrogen) atoms. The summed E-state index contributed by atoms with van der Waals surface area (Å²) in [5.41, 5.74) is 0.737. The summed E-state index contributed by atoms with van der Waals surface area (Å²) in [6.45, 7) is 13.8. The van der Waals surface area contributed by atoms with Gasteiger partial charge in [0.2, 0.25) is 5.79 Å². The van der Waals surface area contributed by atoms with E-state index in [1.807, 2.05) is 58.1 Å². The van der Waals surface area contributed by atoms with Gasteiger partial charge in [0.15, 0.2) is 5.78 Å². The van der Waals surface area contributed by atoms with Crippen LogP contribution in [0.25, 0.3) is 0 Å². The van der Waals surface area contributed by atoms with Crippen molar-refractivity contribution in [2.24, 2.45) is 35.5 Å². The maximum absolute atomic E-state index is 14.6. The van der Waals surface area contributed by atoms with E-state index in [2.05, 4.69) is 10.3 Å². The number of ketones is 3. The Morgan fingerprint density at radius 1 is 0.870 bits per heavy atom. The predicted octanol–water partition coefficient (Wildman–Crippen LogP) is 5.70. The molecule has 0 radical (unpaired) electrons. The molecule has 4 aliphatic rings. The van der Waals surface area contributed by atoms with Crippen LogP contribution in [0.5, 0.6) is 0 Å². The van der Waals surface area contributed by atoms with Gasteiger partial charge in [0, 0.05) is 58.5 Å². The molecule has 3 aliphatic heterocycles. The predicted molar refractivity (Wildman–Crippen MR) is 286 cm³/mol. The number of methoxy groups -OCH3 is 3. The number of Topliss-reactive ketones (excluding diaryl/α,β-unsaturated/α-hetero) is 3. The lowest BCUT2D eigenvalue weighted by molar-refractivity contribution is -0.265. The lowest BCUT2D eigenvalue weighted by Gasteiger charge is -2.42. The van der Waals surface area contributed by atoms with Crippen molar-refractivity contribution >= 4 is 29.2 Å². The molecule has 4 heterocycles. The number of fused-ring (bicyclic) bond motifs is 3. The number of aromatic nitrogens is 3. The lowest BCUT2D eigenvalue weighted by atomic mass is 9.78. The minimum atomic E-state index is -2.46. The third kappa shape index (κ3) is 16.4. The Hall–Kier alpha value is -4.31. The number of nitrogens with zero attached hydrogens (tertiary/aromatic N) is 4. The van der Waals surface area contributed by atoms with E-state index in [-0.39, 0.29) is 80.7 Å². The van der Waals surface area contributed by atoms with Gasteiger partial charge in [0.05, 0.1) is 50.4 Å². The Labute approximate surface area is 455 Å². The van der Waals surface area contributed by atoms with E-state index in [1.165, 1.54) is 16.7 Å². The Balaban J connectivity index is 1.42. The van der Waals surface area contributed by atoms with E-state index < -0.39 is 83.3 Å². The average Bonchev–Trinajstić information content (AvgIpc) is 3.92. The fourth-order valence-corrected chi connectivity index (χ4v) is 11.3. The van der Waals surface area contributed by atoms with Crippen molar-refractivity contribution < 1.29 is 72.8 Å². The number of hydrogen-bond acceptors (Lipinski definition) is 17. The third-order valence-corrected chi connectivity index (χ3v) is 16.7. The number of esters is 1. The van der Waals surface area contributed by atoms with Crippen molar-refractivity contribution in [3.8, 4) is 0 Å². The highest BCUT2D eigenvalue weighted by molar-refractivity contribution is 6.39. The molecule has 432 valence electrons. The van der Waals surface area contributed by atoms with Gasteiger partial charge in [0.1, 0.15) is 41.4 Å². The Bertz CT molecular complexity index is 2260. The molecule has 2 bridgehead atoms. The molecule has 1 aliphatic carbocycles. The van der Waals surface area contributed by atoms with E-state index in [9.17, 15) is 44.4 Å². The number of aliphatic hydroxyl groups excluding tert-OH is 3. The van der Waals surface area contributed by atoms with Gasteiger partial charge in [-0.3, -0.25) is 19.2 Å². The number of carbonyl (C=O) groups excluding carboxylic acids is 5. The zero-order chi connectivity index (χ0) is 56.8. The van der Waals surface area contributed by atoms with Crippen molar-refractivity contribution in [2.45, 2.75) is 199 Å². The van der Waals surface area contributed by atoms with E-state index in [4.69, 9.17) is 28.4 Å². The fourth-order valence-electron chi connectivity index (χ4n) is 11.3. The molecule has 1 aromatic heterocycles. The molecule has 1 saturated carbocycles. The number of cyclic esters (lactones) is 1. The highest BCUT2D eigenvalue weighted by atomic mass is 16.6. The third-order valence-electron chi connectivity index (χ3n) is 16.7. The van der Waals surface area contributed by atoms with Crippen LogP contribution in [0.1, 0.15) is 138 Å². The van der Waals surface area contributed by atoms with Crippen molar-refractivity contribution in [3.05, 3.63) is 59.5 Å². The van der Waals surface area contributed by atoms with Crippen molar-refractivity contribution in [1.29, 1.82) is 0 Å². The van der Waals surface area contributed by atoms with Crippen molar-refractivity contribution in [3.63, 3.8) is 0 Å². The molecule has 0 unspecified atom stereocenters. The van der Waals surface area contributed by atoms with E-state index >= 15 is 0 Å². The molecular weight excluding hydrogens is 993 g/mol. The van der Waals surface area contributed by atoms with Crippen LogP contribution < -0.4 is 0 Å². The summed E-state index contributed by atoms with van der Waals surface area (Å²) in [5.74, 6) is -8.28. The Kier molecular flexibility index (Phi) is 24.1. The van der Waals surface area contributed by atoms with Gasteiger partial charge in [-0.1, -0.05) is 76.3 Å². The summed E-state index contributed by atoms with van der Waals surface area (Å²) in [4.78, 5) is 72.8. The van der Waals surface area contributed by atoms with Gasteiger partial charge in [-0.2, -0.15) is 0 Å². The van der Waals surface area contributed by atoms with Crippen LogP contribution >= 0.6 is 0 Å². The maximum atomic E-state index is 14.6. The second kappa shape index (κ2) is 29.2. The topological polar surface area (TPSA) is 256 Å². The molecule has 19 heteroatoms. The molecule has 2 saturated heterocycles. The molecule has 0 spiro atoms. The summed E-state index contributed by atoms with van der Waals surface area (Å²) in [7, 11) is 4.57.